The van der Waals surface area contributed by atoms with E-state index >= 15 is 0 Å². The van der Waals surface area contributed by atoms with Crippen molar-refractivity contribution < 1.29 is 31.5 Å². The van der Waals surface area contributed by atoms with Gasteiger partial charge in [0, 0.05) is 17.1 Å². The Morgan fingerprint density at radius 2 is 1.00 bits per heavy atom. The molecular weight excluding hydrogens is 211 g/mol. The molecule has 4 heteroatoms. The van der Waals surface area contributed by atoms with Crippen molar-refractivity contribution in [2.24, 2.45) is 0 Å². The fourth-order valence-electron chi connectivity index (χ4n) is 0.321. The van der Waals surface area contributed by atoms with Crippen LogP contribution in [0, 0.1) is 7.43 Å². The number of rotatable bonds is 0. The van der Waals surface area contributed by atoms with E-state index in [-0.39, 0.29) is 24.5 Å². The maximum atomic E-state index is 7.75. The van der Waals surface area contributed by atoms with Gasteiger partial charge in [-0.3, -0.25) is 20.4 Å². The molecule has 0 N–H and O–H groups in total. The van der Waals surface area contributed by atoms with Crippen molar-refractivity contribution in [3.63, 3.8) is 0 Å². The van der Waals surface area contributed by atoms with Gasteiger partial charge >= 0.3 is 0 Å². The number of hydrogen-bond donors (Lipinski definition) is 0. The summed E-state index contributed by atoms with van der Waals surface area (Å²) in [6.07, 6.45) is 0. The van der Waals surface area contributed by atoms with Gasteiger partial charge in [-0.05, 0) is 0 Å². The predicted molar refractivity (Wildman–Crippen MR) is 48.7 cm³/mol. The third-order valence-corrected chi connectivity index (χ3v) is 0.556. The Hall–Kier alpha value is -1.12. The second-order valence-corrected chi connectivity index (χ2v) is 0.962. The normalized spacial score (nSPS) is 4.00. The molecule has 1 aromatic rings. The van der Waals surface area contributed by atoms with Gasteiger partial charge in [0.2, 0.25) is 0 Å². The van der Waals surface area contributed by atoms with E-state index in [0.29, 0.717) is 0 Å². The average molecular weight is 222 g/mol. The topological polar surface area (TPSA) is 51.2 Å². The molecule has 0 atom stereocenters. The molecule has 0 fully saturated rings. The minimum atomic E-state index is 0. The smallest absolute Gasteiger partial charge is 0 e. The molecule has 0 unspecified atom stereocenters. The molecule has 0 amide bonds. The molecular formula is C9H11MnO3-5. The fraction of sp³-hybridized carbons (Fsp3) is 0. The summed E-state index contributed by atoms with van der Waals surface area (Å²) in [5.41, 5.74) is 0. The standard InChI is InChI=1S/C5H5.3CHO.CH3.Mn/c1-2-4-5-3-1;3*1-2;;/h1-5H;3*1H;1H3;/q5*-1;. The zero-order chi connectivity index (χ0) is 9.54. The molecule has 0 aliphatic rings. The van der Waals surface area contributed by atoms with Gasteiger partial charge in [0.25, 0.3) is 0 Å². The van der Waals surface area contributed by atoms with Crippen molar-refractivity contribution in [1.29, 1.82) is 0 Å². The van der Waals surface area contributed by atoms with E-state index in [2.05, 4.69) is 20.4 Å². The quantitative estimate of drug-likeness (QED) is 0.374. The van der Waals surface area contributed by atoms with Gasteiger partial charge in [-0.2, -0.15) is 18.2 Å². The summed E-state index contributed by atoms with van der Waals surface area (Å²) in [7, 11) is 0. The van der Waals surface area contributed by atoms with Crippen molar-refractivity contribution in [1.82, 2.24) is 0 Å². The Morgan fingerprint density at radius 1 is 0.769 bits per heavy atom. The van der Waals surface area contributed by atoms with Crippen LogP contribution in [0.25, 0.3) is 0 Å². The van der Waals surface area contributed by atoms with Gasteiger partial charge in [0.1, 0.15) is 0 Å². The molecule has 13 heavy (non-hydrogen) atoms. The van der Waals surface area contributed by atoms with E-state index < -0.39 is 0 Å². The first-order chi connectivity index (χ1) is 5.50. The van der Waals surface area contributed by atoms with Gasteiger partial charge < -0.3 is 21.8 Å². The van der Waals surface area contributed by atoms with Crippen molar-refractivity contribution >= 4 is 20.4 Å². The Balaban J connectivity index is -0.0000000239. The van der Waals surface area contributed by atoms with E-state index in [4.69, 9.17) is 14.4 Å². The van der Waals surface area contributed by atoms with E-state index in [0.717, 1.165) is 0 Å². The summed E-state index contributed by atoms with van der Waals surface area (Å²) in [6, 6.07) is 10.0. The summed E-state index contributed by atoms with van der Waals surface area (Å²) in [5, 5.41) is 0. The molecule has 77 valence electrons. The molecule has 1 radical (unpaired) electrons. The second-order valence-electron chi connectivity index (χ2n) is 0.962. The molecule has 0 heterocycles. The molecule has 0 saturated carbocycles. The van der Waals surface area contributed by atoms with Crippen LogP contribution in [0.15, 0.2) is 30.3 Å². The largest absolute Gasteiger partial charge is 0.545 e. The molecule has 0 aliphatic carbocycles. The van der Waals surface area contributed by atoms with Crippen LogP contribution in [0.1, 0.15) is 0 Å². The maximum absolute atomic E-state index is 7.75. The minimum absolute atomic E-state index is 0. The van der Waals surface area contributed by atoms with Gasteiger partial charge in [0.15, 0.2) is 0 Å². The fourth-order valence-corrected chi connectivity index (χ4v) is 0.321. The summed E-state index contributed by atoms with van der Waals surface area (Å²) in [6.45, 7) is 9.75. The van der Waals surface area contributed by atoms with Gasteiger partial charge in [-0.1, -0.05) is 0 Å². The molecule has 0 aromatic heterocycles. The Kier molecular flexibility index (Phi) is 161. The van der Waals surface area contributed by atoms with E-state index in [1.807, 2.05) is 30.3 Å². The van der Waals surface area contributed by atoms with Crippen molar-refractivity contribution in [3.8, 4) is 0 Å². The third kappa shape index (κ3) is 57.0. The monoisotopic (exact) mass is 222 g/mol. The number of hydrogen-bond acceptors (Lipinski definition) is 3. The molecule has 1 aromatic carbocycles. The SMILES string of the molecule is [CH-]=O.[CH-]=O.[CH-]=O.[CH3-].[Mn].c1cc[cH-]c1. The number of carbonyl (C=O) groups excluding carboxylic acids is 3. The first-order valence-corrected chi connectivity index (χ1v) is 2.37. The zero-order valence-corrected chi connectivity index (χ0v) is 8.40. The summed E-state index contributed by atoms with van der Waals surface area (Å²) in [5.74, 6) is 0. The van der Waals surface area contributed by atoms with Crippen molar-refractivity contribution in [2.45, 2.75) is 0 Å². The van der Waals surface area contributed by atoms with Crippen LogP contribution in [0.3, 0.4) is 0 Å². The first-order valence-electron chi connectivity index (χ1n) is 2.37. The van der Waals surface area contributed by atoms with Gasteiger partial charge in [-0.15, -0.1) is 0 Å². The Bertz CT molecular complexity index is 98.4. The van der Waals surface area contributed by atoms with Crippen molar-refractivity contribution in [2.75, 3.05) is 0 Å². The van der Waals surface area contributed by atoms with Crippen LogP contribution in [-0.4, -0.2) is 20.4 Å². The summed E-state index contributed by atoms with van der Waals surface area (Å²) in [4.78, 5) is 23.2. The Morgan fingerprint density at radius 3 is 1.08 bits per heavy atom. The molecule has 0 saturated heterocycles. The molecule has 3 nitrogen and oxygen atoms in total. The average Bonchev–Trinajstić information content (AvgIpc) is 2.71. The van der Waals surface area contributed by atoms with Gasteiger partial charge in [-0.25, -0.2) is 12.1 Å². The van der Waals surface area contributed by atoms with Crippen LogP contribution in [0.5, 0.6) is 0 Å². The minimum Gasteiger partial charge on any atom is -0.545 e. The second kappa shape index (κ2) is 70.6. The van der Waals surface area contributed by atoms with Gasteiger partial charge in [0.05, 0.1) is 0 Å². The molecule has 0 bridgehead atoms. The predicted octanol–water partition coefficient (Wildman–Crippen LogP) is 1.03. The molecule has 0 spiro atoms. The van der Waals surface area contributed by atoms with Crippen LogP contribution >= 0.6 is 0 Å². The van der Waals surface area contributed by atoms with E-state index in [9.17, 15) is 0 Å². The Labute approximate surface area is 90.0 Å². The van der Waals surface area contributed by atoms with Crippen LogP contribution in [-0.2, 0) is 31.5 Å². The third-order valence-electron chi connectivity index (χ3n) is 0.556. The van der Waals surface area contributed by atoms with Crippen LogP contribution in [0.4, 0.5) is 0 Å². The van der Waals surface area contributed by atoms with E-state index in [1.54, 1.807) is 0 Å². The molecule has 1 rings (SSSR count). The maximum Gasteiger partial charge on any atom is 0 e. The van der Waals surface area contributed by atoms with E-state index in [1.165, 1.54) is 0 Å². The van der Waals surface area contributed by atoms with Crippen LogP contribution in [0.2, 0.25) is 0 Å². The zero-order valence-electron chi connectivity index (χ0n) is 7.22. The van der Waals surface area contributed by atoms with Crippen molar-refractivity contribution in [3.05, 3.63) is 37.8 Å². The summed E-state index contributed by atoms with van der Waals surface area (Å²) < 4.78 is 0. The summed E-state index contributed by atoms with van der Waals surface area (Å²) >= 11 is 0. The first kappa shape index (κ1) is 29.7. The van der Waals surface area contributed by atoms with Crippen LogP contribution < -0.4 is 0 Å². The molecule has 0 aliphatic heterocycles.